The van der Waals surface area contributed by atoms with Gasteiger partial charge in [0.25, 0.3) is 5.89 Å². The molecule has 0 spiro atoms. The highest BCUT2D eigenvalue weighted by molar-refractivity contribution is 5.58. The number of benzene rings is 1. The van der Waals surface area contributed by atoms with Crippen LogP contribution in [0.5, 0.6) is 0 Å². The molecule has 0 N–H and O–H groups in total. The molecule has 15 heavy (non-hydrogen) atoms. The predicted octanol–water partition coefficient (Wildman–Crippen LogP) is 2.68. The van der Waals surface area contributed by atoms with Gasteiger partial charge in [0, 0.05) is 12.0 Å². The Hall–Kier alpha value is -1.64. The van der Waals surface area contributed by atoms with Crippen molar-refractivity contribution in [2.45, 2.75) is 19.8 Å². The first-order chi connectivity index (χ1) is 7.35. The van der Waals surface area contributed by atoms with Crippen molar-refractivity contribution in [2.24, 2.45) is 0 Å². The average Bonchev–Trinajstić information content (AvgIpc) is 2.77. The molecule has 0 saturated heterocycles. The highest BCUT2D eigenvalue weighted by atomic mass is 16.5. The maximum absolute atomic E-state index is 5.18. The molecular formula is C12H13N2O. The molecule has 1 radical (unpaired) electrons. The first kappa shape index (κ1) is 9.90. The zero-order valence-electron chi connectivity index (χ0n) is 8.73. The lowest BCUT2D eigenvalue weighted by Crippen LogP contribution is -1.87. The lowest BCUT2D eigenvalue weighted by Gasteiger charge is -2.01. The number of hydrogen-bond donors (Lipinski definition) is 0. The molecule has 3 nitrogen and oxygen atoms in total. The molecule has 2 aromatic rings. The quantitative estimate of drug-likeness (QED) is 0.766. The van der Waals surface area contributed by atoms with E-state index in [0.717, 1.165) is 12.0 Å². The molecule has 3 heteroatoms. The van der Waals surface area contributed by atoms with Crippen molar-refractivity contribution in [3.63, 3.8) is 0 Å². The average molecular weight is 201 g/mol. The van der Waals surface area contributed by atoms with Gasteiger partial charge in [-0.2, -0.15) is 4.98 Å². The Bertz CT molecular complexity index is 448. The molecule has 0 saturated carbocycles. The summed E-state index contributed by atoms with van der Waals surface area (Å²) in [7, 11) is 0. The Morgan fingerprint density at radius 1 is 1.33 bits per heavy atom. The molecule has 1 heterocycles. The second kappa shape index (κ2) is 4.26. The number of aryl methyl sites for hydroxylation is 1. The molecule has 77 valence electrons. The van der Waals surface area contributed by atoms with E-state index < -0.39 is 0 Å². The van der Waals surface area contributed by atoms with Crippen LogP contribution in [0.15, 0.2) is 28.8 Å². The molecule has 1 aromatic heterocycles. The van der Waals surface area contributed by atoms with E-state index in [4.69, 9.17) is 4.52 Å². The molecule has 0 bridgehead atoms. The summed E-state index contributed by atoms with van der Waals surface area (Å²) in [6, 6.07) is 8.06. The number of hydrogen-bond acceptors (Lipinski definition) is 3. The van der Waals surface area contributed by atoms with Gasteiger partial charge >= 0.3 is 0 Å². The summed E-state index contributed by atoms with van der Waals surface area (Å²) in [5, 5.41) is 3.84. The molecule has 1 aromatic carbocycles. The van der Waals surface area contributed by atoms with E-state index in [-0.39, 0.29) is 0 Å². The lowest BCUT2D eigenvalue weighted by molar-refractivity contribution is 0.424. The van der Waals surface area contributed by atoms with E-state index in [0.29, 0.717) is 18.1 Å². The summed E-state index contributed by atoms with van der Waals surface area (Å²) in [5.41, 5.74) is 2.24. The normalized spacial score (nSPS) is 10.5. The molecule has 2 rings (SSSR count). The van der Waals surface area contributed by atoms with Crippen LogP contribution < -0.4 is 0 Å². The van der Waals surface area contributed by atoms with Crippen molar-refractivity contribution in [1.29, 1.82) is 0 Å². The Morgan fingerprint density at radius 2 is 2.13 bits per heavy atom. The van der Waals surface area contributed by atoms with Crippen LogP contribution in [0.2, 0.25) is 0 Å². The second-order valence-electron chi connectivity index (χ2n) is 3.28. The Labute approximate surface area is 89.1 Å². The van der Waals surface area contributed by atoms with Crippen molar-refractivity contribution >= 4 is 0 Å². The second-order valence-corrected chi connectivity index (χ2v) is 3.28. The largest absolute Gasteiger partial charge is 0.334 e. The minimum atomic E-state index is 0.553. The standard InChI is InChI=1S/C12H13N2O/c1-3-9-7-5-6-8-10(9)12-13-11(4-2)14-15-12/h5-8H,2-4H2,1H3. The molecule has 0 aliphatic carbocycles. The van der Waals surface area contributed by atoms with Crippen LogP contribution in [0.1, 0.15) is 18.3 Å². The van der Waals surface area contributed by atoms with E-state index in [1.165, 1.54) is 5.56 Å². The topological polar surface area (TPSA) is 38.9 Å². The van der Waals surface area contributed by atoms with E-state index in [9.17, 15) is 0 Å². The minimum Gasteiger partial charge on any atom is -0.334 e. The monoisotopic (exact) mass is 201 g/mol. The zero-order chi connectivity index (χ0) is 10.7. The maximum Gasteiger partial charge on any atom is 0.258 e. The number of aromatic nitrogens is 2. The molecular weight excluding hydrogens is 188 g/mol. The molecule has 0 aliphatic heterocycles. The van der Waals surface area contributed by atoms with Crippen LogP contribution in [-0.4, -0.2) is 10.1 Å². The van der Waals surface area contributed by atoms with E-state index in [1.807, 2.05) is 18.2 Å². The summed E-state index contributed by atoms with van der Waals surface area (Å²) in [6.07, 6.45) is 1.51. The summed E-state index contributed by atoms with van der Waals surface area (Å²) >= 11 is 0. The molecule has 0 amide bonds. The zero-order valence-corrected chi connectivity index (χ0v) is 8.73. The Kier molecular flexibility index (Phi) is 2.81. The van der Waals surface area contributed by atoms with Gasteiger partial charge in [-0.05, 0) is 25.0 Å². The summed E-state index contributed by atoms with van der Waals surface area (Å²) in [4.78, 5) is 4.27. The fourth-order valence-electron chi connectivity index (χ4n) is 1.50. The van der Waals surface area contributed by atoms with Gasteiger partial charge in [-0.1, -0.05) is 30.3 Å². The number of rotatable bonds is 3. The van der Waals surface area contributed by atoms with Gasteiger partial charge in [-0.3, -0.25) is 0 Å². The summed E-state index contributed by atoms with van der Waals surface area (Å²) < 4.78 is 5.18. The van der Waals surface area contributed by atoms with E-state index >= 15 is 0 Å². The molecule has 0 unspecified atom stereocenters. The van der Waals surface area contributed by atoms with Crippen LogP contribution in [-0.2, 0) is 12.8 Å². The highest BCUT2D eigenvalue weighted by Gasteiger charge is 2.10. The van der Waals surface area contributed by atoms with Gasteiger partial charge < -0.3 is 4.52 Å². The van der Waals surface area contributed by atoms with Crippen molar-refractivity contribution in [1.82, 2.24) is 10.1 Å². The van der Waals surface area contributed by atoms with Gasteiger partial charge in [0.2, 0.25) is 0 Å². The lowest BCUT2D eigenvalue weighted by atomic mass is 10.1. The Morgan fingerprint density at radius 3 is 2.80 bits per heavy atom. The predicted molar refractivity (Wildman–Crippen MR) is 58.2 cm³/mol. The van der Waals surface area contributed by atoms with Crippen LogP contribution in [0.3, 0.4) is 0 Å². The molecule has 0 atom stereocenters. The summed E-state index contributed by atoms with van der Waals surface area (Å²) in [5.74, 6) is 1.24. The molecule has 0 aliphatic rings. The van der Waals surface area contributed by atoms with Crippen molar-refractivity contribution in [3.05, 3.63) is 42.6 Å². The van der Waals surface area contributed by atoms with Crippen LogP contribution in [0.25, 0.3) is 11.5 Å². The maximum atomic E-state index is 5.18. The van der Waals surface area contributed by atoms with Crippen LogP contribution in [0, 0.1) is 6.92 Å². The summed E-state index contributed by atoms with van der Waals surface area (Å²) in [6.45, 7) is 5.83. The third-order valence-corrected chi connectivity index (χ3v) is 2.32. The third kappa shape index (κ3) is 1.91. The smallest absolute Gasteiger partial charge is 0.258 e. The van der Waals surface area contributed by atoms with Crippen LogP contribution in [0.4, 0.5) is 0 Å². The van der Waals surface area contributed by atoms with E-state index in [2.05, 4.69) is 30.1 Å². The first-order valence-corrected chi connectivity index (χ1v) is 5.05. The SMILES string of the molecule is [CH2]Cc1noc(-c2ccccc2CC)n1. The third-order valence-electron chi connectivity index (χ3n) is 2.32. The van der Waals surface area contributed by atoms with E-state index in [1.54, 1.807) is 0 Å². The minimum absolute atomic E-state index is 0.553. The van der Waals surface area contributed by atoms with Crippen LogP contribution >= 0.6 is 0 Å². The van der Waals surface area contributed by atoms with Gasteiger partial charge in [0.1, 0.15) is 0 Å². The number of nitrogens with zero attached hydrogens (tertiary/aromatic N) is 2. The van der Waals surface area contributed by atoms with Crippen molar-refractivity contribution < 1.29 is 4.52 Å². The fourth-order valence-corrected chi connectivity index (χ4v) is 1.50. The molecule has 0 fully saturated rings. The van der Waals surface area contributed by atoms with Crippen molar-refractivity contribution in [3.8, 4) is 11.5 Å². The first-order valence-electron chi connectivity index (χ1n) is 5.05. The van der Waals surface area contributed by atoms with Gasteiger partial charge in [0.15, 0.2) is 5.82 Å². The van der Waals surface area contributed by atoms with Gasteiger partial charge in [-0.15, -0.1) is 0 Å². The van der Waals surface area contributed by atoms with Crippen molar-refractivity contribution in [2.75, 3.05) is 0 Å². The highest BCUT2D eigenvalue weighted by Crippen LogP contribution is 2.22. The van der Waals surface area contributed by atoms with Gasteiger partial charge in [-0.25, -0.2) is 0 Å². The fraction of sp³-hybridized carbons (Fsp3) is 0.250. The Balaban J connectivity index is 2.44. The van der Waals surface area contributed by atoms with Gasteiger partial charge in [0.05, 0.1) is 0 Å².